The average Bonchev–Trinajstić information content (AvgIpc) is 3.23. The largest absolute Gasteiger partial charge is 0.480 e. The highest BCUT2D eigenvalue weighted by atomic mass is 16.4. The van der Waals surface area contributed by atoms with Crippen molar-refractivity contribution in [3.8, 4) is 0 Å². The predicted octanol–water partition coefficient (Wildman–Crippen LogP) is 4.26. The number of nitrogens with zero attached hydrogens (tertiary/aromatic N) is 3. The van der Waals surface area contributed by atoms with Gasteiger partial charge in [0.15, 0.2) is 0 Å². The van der Waals surface area contributed by atoms with Gasteiger partial charge in [0.05, 0.1) is 6.04 Å². The molecule has 2 N–H and O–H groups in total. The summed E-state index contributed by atoms with van der Waals surface area (Å²) in [5, 5.41) is 20.4. The summed E-state index contributed by atoms with van der Waals surface area (Å²) in [5.41, 5.74) is 3.79. The Kier molecular flexibility index (Phi) is 6.84. The van der Waals surface area contributed by atoms with Gasteiger partial charge in [-0.3, -0.25) is 19.4 Å². The summed E-state index contributed by atoms with van der Waals surface area (Å²) < 4.78 is 1.63. The van der Waals surface area contributed by atoms with Gasteiger partial charge in [-0.05, 0) is 17.2 Å². The quantitative estimate of drug-likeness (QED) is 0.390. The number of piperazine rings is 1. The fourth-order valence-electron chi connectivity index (χ4n) is 5.39. The van der Waals surface area contributed by atoms with Gasteiger partial charge in [0.2, 0.25) is 0 Å². The molecule has 7 heteroatoms. The van der Waals surface area contributed by atoms with E-state index in [4.69, 9.17) is 0 Å². The third kappa shape index (κ3) is 4.76. The SMILES string of the molecule is O=C(O)Cn1cc([C@H](C(=O)O)N2CCN(C(c3ccccc3)c3ccccc3)CC2)c2ccccc21. The first-order chi connectivity index (χ1) is 17.5. The Labute approximate surface area is 209 Å². The second kappa shape index (κ2) is 10.4. The zero-order valence-corrected chi connectivity index (χ0v) is 19.9. The minimum absolute atomic E-state index is 0.0929. The molecule has 1 aromatic heterocycles. The summed E-state index contributed by atoms with van der Waals surface area (Å²) in [6.45, 7) is 2.39. The molecule has 7 nitrogen and oxygen atoms in total. The van der Waals surface area contributed by atoms with Crippen molar-refractivity contribution < 1.29 is 19.8 Å². The van der Waals surface area contributed by atoms with E-state index in [0.29, 0.717) is 31.7 Å². The van der Waals surface area contributed by atoms with Crippen molar-refractivity contribution in [1.82, 2.24) is 14.4 Å². The summed E-state index contributed by atoms with van der Waals surface area (Å²) >= 11 is 0. The molecule has 184 valence electrons. The molecule has 36 heavy (non-hydrogen) atoms. The van der Waals surface area contributed by atoms with Crippen LogP contribution in [0, 0.1) is 0 Å². The van der Waals surface area contributed by atoms with Crippen molar-refractivity contribution in [3.05, 3.63) is 108 Å². The van der Waals surface area contributed by atoms with E-state index in [1.54, 1.807) is 10.8 Å². The van der Waals surface area contributed by atoms with Crippen molar-refractivity contribution in [2.45, 2.75) is 18.6 Å². The minimum atomic E-state index is -0.962. The van der Waals surface area contributed by atoms with Gasteiger partial charge in [-0.1, -0.05) is 78.9 Å². The summed E-state index contributed by atoms with van der Waals surface area (Å²) in [4.78, 5) is 28.4. The highest BCUT2D eigenvalue weighted by Crippen LogP contribution is 2.34. The second-order valence-electron chi connectivity index (χ2n) is 9.16. The normalized spacial score (nSPS) is 15.8. The van der Waals surface area contributed by atoms with Gasteiger partial charge in [-0.25, -0.2) is 0 Å². The molecule has 0 amide bonds. The molecule has 0 spiro atoms. The number of rotatable bonds is 8. The fourth-order valence-corrected chi connectivity index (χ4v) is 5.39. The molecule has 4 aromatic rings. The number of benzene rings is 3. The van der Waals surface area contributed by atoms with Gasteiger partial charge in [-0.15, -0.1) is 0 Å². The van der Waals surface area contributed by atoms with Crippen LogP contribution < -0.4 is 0 Å². The summed E-state index contributed by atoms with van der Waals surface area (Å²) in [6, 6.07) is 27.4. The molecular weight excluding hydrogens is 454 g/mol. The van der Waals surface area contributed by atoms with Crippen LogP contribution in [0.15, 0.2) is 91.1 Å². The number of carboxylic acid groups (broad SMARTS) is 2. The fraction of sp³-hybridized carbons (Fsp3) is 0.241. The molecule has 0 radical (unpaired) electrons. The molecule has 1 saturated heterocycles. The van der Waals surface area contributed by atoms with Crippen molar-refractivity contribution in [1.29, 1.82) is 0 Å². The predicted molar refractivity (Wildman–Crippen MR) is 138 cm³/mol. The number of aromatic nitrogens is 1. The highest BCUT2D eigenvalue weighted by molar-refractivity contribution is 5.90. The van der Waals surface area contributed by atoms with E-state index in [2.05, 4.69) is 53.4 Å². The van der Waals surface area contributed by atoms with Gasteiger partial charge >= 0.3 is 11.9 Å². The van der Waals surface area contributed by atoms with Gasteiger partial charge in [0.1, 0.15) is 12.6 Å². The Morgan fingerprint density at radius 2 is 1.25 bits per heavy atom. The van der Waals surface area contributed by atoms with Crippen LogP contribution in [0.2, 0.25) is 0 Å². The van der Waals surface area contributed by atoms with Crippen LogP contribution in [0.4, 0.5) is 0 Å². The maximum absolute atomic E-state index is 12.6. The first-order valence-electron chi connectivity index (χ1n) is 12.1. The minimum Gasteiger partial charge on any atom is -0.480 e. The Morgan fingerprint density at radius 3 is 1.81 bits per heavy atom. The standard InChI is InChI=1S/C29H29N3O4/c33-26(34)20-32-19-24(23-13-7-8-14-25(23)32)28(29(35)36)31-17-15-30(16-18-31)27(21-9-3-1-4-10-21)22-11-5-2-6-12-22/h1-14,19,27-28H,15-18,20H2,(H,33,34)(H,35,36)/t28-/m1/s1. The molecule has 2 heterocycles. The molecule has 0 bridgehead atoms. The molecule has 1 aliphatic heterocycles. The van der Waals surface area contributed by atoms with Crippen molar-refractivity contribution >= 4 is 22.8 Å². The Hall–Kier alpha value is -3.94. The molecule has 5 rings (SSSR count). The lowest BCUT2D eigenvalue weighted by molar-refractivity contribution is -0.144. The molecule has 1 atom stereocenters. The van der Waals surface area contributed by atoms with Crippen LogP contribution in [0.5, 0.6) is 0 Å². The van der Waals surface area contributed by atoms with E-state index in [9.17, 15) is 19.8 Å². The summed E-state index contributed by atoms with van der Waals surface area (Å²) in [5.74, 6) is -1.89. The van der Waals surface area contributed by atoms with Crippen molar-refractivity contribution in [3.63, 3.8) is 0 Å². The lowest BCUT2D eigenvalue weighted by Crippen LogP contribution is -2.50. The van der Waals surface area contributed by atoms with Gasteiger partial charge in [-0.2, -0.15) is 0 Å². The Morgan fingerprint density at radius 1 is 0.722 bits per heavy atom. The zero-order chi connectivity index (χ0) is 25.1. The van der Waals surface area contributed by atoms with Gasteiger partial charge in [0.25, 0.3) is 0 Å². The number of hydrogen-bond acceptors (Lipinski definition) is 4. The van der Waals surface area contributed by atoms with E-state index in [1.165, 1.54) is 11.1 Å². The summed E-state index contributed by atoms with van der Waals surface area (Å²) in [7, 11) is 0. The van der Waals surface area contributed by atoms with E-state index in [-0.39, 0.29) is 12.6 Å². The molecule has 0 saturated carbocycles. The van der Waals surface area contributed by atoms with Crippen LogP contribution >= 0.6 is 0 Å². The third-order valence-corrected chi connectivity index (χ3v) is 6.96. The smallest absolute Gasteiger partial charge is 0.325 e. The zero-order valence-electron chi connectivity index (χ0n) is 19.9. The van der Waals surface area contributed by atoms with E-state index in [1.807, 2.05) is 41.3 Å². The average molecular weight is 484 g/mol. The number of fused-ring (bicyclic) bond motifs is 1. The number of para-hydroxylation sites is 1. The van der Waals surface area contributed by atoms with Crippen LogP contribution in [0.3, 0.4) is 0 Å². The third-order valence-electron chi connectivity index (χ3n) is 6.96. The van der Waals surface area contributed by atoms with Crippen LogP contribution in [0.1, 0.15) is 28.8 Å². The first kappa shape index (κ1) is 23.8. The lowest BCUT2D eigenvalue weighted by Gasteiger charge is -2.41. The van der Waals surface area contributed by atoms with Crippen LogP contribution in [0.25, 0.3) is 10.9 Å². The van der Waals surface area contributed by atoms with Gasteiger partial charge in [0, 0.05) is 48.8 Å². The first-order valence-corrected chi connectivity index (χ1v) is 12.1. The van der Waals surface area contributed by atoms with E-state index in [0.717, 1.165) is 10.9 Å². The molecule has 0 unspecified atom stereocenters. The van der Waals surface area contributed by atoms with E-state index < -0.39 is 18.0 Å². The highest BCUT2D eigenvalue weighted by Gasteiger charge is 2.35. The lowest BCUT2D eigenvalue weighted by atomic mass is 9.96. The Balaban J connectivity index is 1.42. The van der Waals surface area contributed by atoms with E-state index >= 15 is 0 Å². The molecule has 1 fully saturated rings. The van der Waals surface area contributed by atoms with Gasteiger partial charge < -0.3 is 14.8 Å². The molecular formula is C29H29N3O4. The molecule has 1 aliphatic rings. The monoisotopic (exact) mass is 483 g/mol. The maximum Gasteiger partial charge on any atom is 0.325 e. The van der Waals surface area contributed by atoms with Crippen molar-refractivity contribution in [2.75, 3.05) is 26.2 Å². The van der Waals surface area contributed by atoms with Crippen LogP contribution in [-0.4, -0.2) is 62.7 Å². The Bertz CT molecular complexity index is 1310. The number of aliphatic carboxylic acids is 2. The summed E-state index contributed by atoms with van der Waals surface area (Å²) in [6.07, 6.45) is 1.70. The molecule has 3 aromatic carbocycles. The maximum atomic E-state index is 12.6. The number of carbonyl (C=O) groups is 2. The second-order valence-corrected chi connectivity index (χ2v) is 9.16. The van der Waals surface area contributed by atoms with Crippen molar-refractivity contribution in [2.24, 2.45) is 0 Å². The van der Waals surface area contributed by atoms with Crippen LogP contribution in [-0.2, 0) is 16.1 Å². The number of hydrogen-bond donors (Lipinski definition) is 2. The molecule has 0 aliphatic carbocycles. The number of carboxylic acids is 2. The topological polar surface area (TPSA) is 86.0 Å².